The fraction of sp³-hybridized carbons (Fsp3) is 0.200. The molecule has 10 heteroatoms. The van der Waals surface area contributed by atoms with Crippen LogP contribution < -0.4 is 4.31 Å². The van der Waals surface area contributed by atoms with Crippen molar-refractivity contribution in [1.82, 2.24) is 20.2 Å². The van der Waals surface area contributed by atoms with Crippen molar-refractivity contribution < 1.29 is 13.2 Å². The number of rotatable bonds is 6. The maximum Gasteiger partial charge on any atom is 0.231 e. The summed E-state index contributed by atoms with van der Waals surface area (Å²) in [7, 11) is -1.88. The van der Waals surface area contributed by atoms with Crippen LogP contribution in [0.15, 0.2) is 41.8 Å². The van der Waals surface area contributed by atoms with E-state index in [9.17, 15) is 13.2 Å². The largest absolute Gasteiger partial charge is 0.292 e. The second-order valence-electron chi connectivity index (χ2n) is 5.32. The molecule has 0 N–H and O–H groups in total. The first kappa shape index (κ1) is 17.2. The summed E-state index contributed by atoms with van der Waals surface area (Å²) in [5.41, 5.74) is 0.929. The van der Waals surface area contributed by atoms with Crippen LogP contribution in [0.25, 0.3) is 10.7 Å². The summed E-state index contributed by atoms with van der Waals surface area (Å²) in [6.45, 7) is -0.0420. The maximum absolute atomic E-state index is 12.3. The van der Waals surface area contributed by atoms with E-state index in [0.717, 1.165) is 15.4 Å². The topological polar surface area (TPSA) is 98.1 Å². The van der Waals surface area contributed by atoms with Gasteiger partial charge < -0.3 is 0 Å². The second kappa shape index (κ2) is 6.73. The molecule has 3 rings (SSSR count). The van der Waals surface area contributed by atoms with Gasteiger partial charge >= 0.3 is 0 Å². The van der Waals surface area contributed by atoms with Gasteiger partial charge in [-0.1, -0.05) is 6.07 Å². The molecular formula is C15H15N5O3S2. The minimum atomic E-state index is -3.34. The number of nitrogens with zero attached hydrogens (tertiary/aromatic N) is 5. The number of tetrazole rings is 1. The number of aromatic nitrogens is 4. The van der Waals surface area contributed by atoms with Gasteiger partial charge in [-0.15, -0.1) is 21.5 Å². The monoisotopic (exact) mass is 377 g/mol. The highest BCUT2D eigenvalue weighted by Crippen LogP contribution is 2.20. The van der Waals surface area contributed by atoms with Crippen LogP contribution in [-0.4, -0.2) is 47.7 Å². The van der Waals surface area contributed by atoms with Crippen LogP contribution in [0.2, 0.25) is 0 Å². The Hall–Kier alpha value is -2.59. The molecule has 0 aliphatic heterocycles. The second-order valence-corrected chi connectivity index (χ2v) is 8.28. The molecule has 1 aromatic carbocycles. The predicted octanol–water partition coefficient (Wildman–Crippen LogP) is 1.68. The number of ketones is 1. The molecule has 0 bridgehead atoms. The summed E-state index contributed by atoms with van der Waals surface area (Å²) < 4.78 is 24.2. The zero-order valence-corrected chi connectivity index (χ0v) is 15.2. The number of carbonyl (C=O) groups is 1. The van der Waals surface area contributed by atoms with E-state index in [1.54, 1.807) is 24.3 Å². The smallest absolute Gasteiger partial charge is 0.231 e. The van der Waals surface area contributed by atoms with Gasteiger partial charge in [0.1, 0.15) is 6.54 Å². The maximum atomic E-state index is 12.3. The first-order chi connectivity index (χ1) is 11.8. The number of anilines is 1. The summed E-state index contributed by atoms with van der Waals surface area (Å²) >= 11 is 1.49. The van der Waals surface area contributed by atoms with Crippen molar-refractivity contribution >= 4 is 32.8 Å². The molecule has 0 fully saturated rings. The lowest BCUT2D eigenvalue weighted by Gasteiger charge is -2.16. The fourth-order valence-corrected chi connectivity index (χ4v) is 3.24. The van der Waals surface area contributed by atoms with Crippen LogP contribution in [0.3, 0.4) is 0 Å². The van der Waals surface area contributed by atoms with E-state index < -0.39 is 10.0 Å². The summed E-state index contributed by atoms with van der Waals surface area (Å²) in [6.07, 6.45) is 1.12. The average molecular weight is 377 g/mol. The zero-order valence-electron chi connectivity index (χ0n) is 13.5. The van der Waals surface area contributed by atoms with Crippen molar-refractivity contribution in [1.29, 1.82) is 0 Å². The van der Waals surface area contributed by atoms with E-state index in [4.69, 9.17) is 0 Å². The molecule has 2 heterocycles. The van der Waals surface area contributed by atoms with Gasteiger partial charge in [-0.25, -0.2) is 8.42 Å². The number of carbonyl (C=O) groups excluding carboxylic acids is 1. The first-order valence-corrected chi connectivity index (χ1v) is 9.96. The summed E-state index contributed by atoms with van der Waals surface area (Å²) in [5.74, 6) is 0.289. The van der Waals surface area contributed by atoms with Gasteiger partial charge in [0.25, 0.3) is 0 Å². The van der Waals surface area contributed by atoms with Crippen LogP contribution in [0.5, 0.6) is 0 Å². The lowest BCUT2D eigenvalue weighted by atomic mass is 10.1. The zero-order chi connectivity index (χ0) is 18.0. The molecule has 0 atom stereocenters. The van der Waals surface area contributed by atoms with Gasteiger partial charge in [0, 0.05) is 12.6 Å². The van der Waals surface area contributed by atoms with Crippen LogP contribution in [0, 0.1) is 0 Å². The third-order valence-electron chi connectivity index (χ3n) is 3.53. The fourth-order valence-electron chi connectivity index (χ4n) is 2.08. The highest BCUT2D eigenvalue weighted by atomic mass is 32.2. The Balaban J connectivity index is 1.71. The first-order valence-electron chi connectivity index (χ1n) is 7.23. The number of hydrogen-bond donors (Lipinski definition) is 0. The van der Waals surface area contributed by atoms with Crippen LogP contribution in [0.1, 0.15) is 10.4 Å². The van der Waals surface area contributed by atoms with Gasteiger partial charge in [0.15, 0.2) is 5.78 Å². The Morgan fingerprint density at radius 2 is 1.96 bits per heavy atom. The molecule has 0 aliphatic rings. The molecule has 2 aromatic heterocycles. The summed E-state index contributed by atoms with van der Waals surface area (Å²) in [5, 5.41) is 13.9. The molecule has 0 amide bonds. The Morgan fingerprint density at radius 3 is 2.56 bits per heavy atom. The SMILES string of the molecule is CN(c1ccc(C(=O)Cn2nnc(-c3cccs3)n2)cc1)S(C)(=O)=O. The third-order valence-corrected chi connectivity index (χ3v) is 5.60. The quantitative estimate of drug-likeness (QED) is 0.606. The highest BCUT2D eigenvalue weighted by molar-refractivity contribution is 7.92. The standard InChI is InChI=1S/C15H15N5O3S2/c1-19(25(2,22)23)12-7-5-11(6-8-12)13(21)10-20-17-15(16-18-20)14-4-3-9-24-14/h3-9H,10H2,1-2H3. The lowest BCUT2D eigenvalue weighted by Crippen LogP contribution is -2.24. The molecule has 8 nitrogen and oxygen atoms in total. The van der Waals surface area contributed by atoms with E-state index >= 15 is 0 Å². The molecule has 0 saturated carbocycles. The number of hydrogen-bond acceptors (Lipinski definition) is 7. The van der Waals surface area contributed by atoms with Gasteiger partial charge in [0.05, 0.1) is 16.8 Å². The molecule has 0 radical (unpaired) electrons. The lowest BCUT2D eigenvalue weighted by molar-refractivity contribution is 0.0961. The average Bonchev–Trinajstić information content (AvgIpc) is 3.24. The molecule has 3 aromatic rings. The summed E-state index contributed by atoms with van der Waals surface area (Å²) in [6, 6.07) is 10.1. The normalized spacial score (nSPS) is 11.4. The molecule has 130 valence electrons. The molecule has 0 spiro atoms. The molecular weight excluding hydrogens is 362 g/mol. The summed E-state index contributed by atoms with van der Waals surface area (Å²) in [4.78, 5) is 14.5. The molecule has 0 saturated heterocycles. The number of Topliss-reactive ketones (excluding diaryl/α,β-unsaturated/α-hetero) is 1. The van der Waals surface area contributed by atoms with Crippen molar-refractivity contribution in [3.8, 4) is 10.7 Å². The number of sulfonamides is 1. The van der Waals surface area contributed by atoms with Crippen LogP contribution >= 0.6 is 11.3 Å². The number of thiophene rings is 1. The van der Waals surface area contributed by atoms with E-state index in [1.165, 1.54) is 23.2 Å². The Kier molecular flexibility index (Phi) is 4.64. The minimum absolute atomic E-state index is 0.0420. The third kappa shape index (κ3) is 3.91. The van der Waals surface area contributed by atoms with E-state index in [1.807, 2.05) is 17.5 Å². The minimum Gasteiger partial charge on any atom is -0.292 e. The predicted molar refractivity (Wildman–Crippen MR) is 95.1 cm³/mol. The van der Waals surface area contributed by atoms with Gasteiger partial charge in [-0.05, 0) is 40.9 Å². The van der Waals surface area contributed by atoms with Crippen molar-refractivity contribution in [3.63, 3.8) is 0 Å². The van der Waals surface area contributed by atoms with E-state index in [0.29, 0.717) is 17.1 Å². The van der Waals surface area contributed by atoms with Crippen molar-refractivity contribution in [2.45, 2.75) is 6.54 Å². The number of benzene rings is 1. The van der Waals surface area contributed by atoms with Crippen LogP contribution in [0.4, 0.5) is 5.69 Å². The Bertz CT molecular complexity index is 979. The molecule has 25 heavy (non-hydrogen) atoms. The van der Waals surface area contributed by atoms with Gasteiger partial charge in [-0.2, -0.15) is 4.80 Å². The van der Waals surface area contributed by atoms with Gasteiger partial charge in [0.2, 0.25) is 15.8 Å². The van der Waals surface area contributed by atoms with Crippen molar-refractivity contribution in [2.75, 3.05) is 17.6 Å². The van der Waals surface area contributed by atoms with Gasteiger partial charge in [-0.3, -0.25) is 9.10 Å². The van der Waals surface area contributed by atoms with Crippen LogP contribution in [-0.2, 0) is 16.6 Å². The van der Waals surface area contributed by atoms with Crippen molar-refractivity contribution in [3.05, 3.63) is 47.3 Å². The Morgan fingerprint density at radius 1 is 1.24 bits per heavy atom. The van der Waals surface area contributed by atoms with E-state index in [-0.39, 0.29) is 12.3 Å². The molecule has 0 unspecified atom stereocenters. The Labute approximate surface area is 148 Å². The molecule has 0 aliphatic carbocycles. The van der Waals surface area contributed by atoms with E-state index in [2.05, 4.69) is 15.4 Å². The van der Waals surface area contributed by atoms with Crippen molar-refractivity contribution in [2.24, 2.45) is 0 Å². The highest BCUT2D eigenvalue weighted by Gasteiger charge is 2.14.